The second-order valence-electron chi connectivity index (χ2n) is 16.4. The van der Waals surface area contributed by atoms with Gasteiger partial charge in [0.25, 0.3) is 0 Å². The predicted molar refractivity (Wildman–Crippen MR) is 264 cm³/mol. The second-order valence-corrected chi connectivity index (χ2v) is 16.4. The van der Waals surface area contributed by atoms with Gasteiger partial charge in [-0.25, -0.2) is 0 Å². The van der Waals surface area contributed by atoms with Crippen LogP contribution < -0.4 is 39.1 Å². The highest BCUT2D eigenvalue weighted by atomic mass is 16.5. The maximum atomic E-state index is 6.46. The SMILES string of the molecule is [CH2]Cc1ccc(-c2nc(Nc3cc(OCCCCC)c(OCCCCC)c(OCCCCC)c3)nc(Nc3cc(OCCCCC)c(OCCCCC)c(OCCCCC)c3)n2)cc1. The molecule has 1 radical (unpaired) electrons. The minimum atomic E-state index is 0.349. The van der Waals surface area contributed by atoms with Crippen LogP contribution in [0.3, 0.4) is 0 Å². The molecule has 0 bridgehead atoms. The first-order chi connectivity index (χ1) is 31.5. The molecule has 0 spiro atoms. The van der Waals surface area contributed by atoms with Crippen molar-refractivity contribution >= 4 is 23.3 Å². The molecule has 0 saturated heterocycles. The maximum Gasteiger partial charge on any atom is 0.232 e. The van der Waals surface area contributed by atoms with Crippen molar-refractivity contribution in [1.29, 1.82) is 0 Å². The van der Waals surface area contributed by atoms with Crippen LogP contribution in [0.5, 0.6) is 34.5 Å². The number of unbranched alkanes of at least 4 members (excludes halogenated alkanes) is 12. The quantitative estimate of drug-likeness (QED) is 0.0425. The molecule has 0 aliphatic carbocycles. The summed E-state index contributed by atoms with van der Waals surface area (Å²) in [4.78, 5) is 14.9. The van der Waals surface area contributed by atoms with Crippen molar-refractivity contribution in [1.82, 2.24) is 15.0 Å². The summed E-state index contributed by atoms with van der Waals surface area (Å²) in [5, 5.41) is 7.00. The molecular weight excluding hydrogens is 803 g/mol. The van der Waals surface area contributed by atoms with E-state index in [1.54, 1.807) is 0 Å². The lowest BCUT2D eigenvalue weighted by atomic mass is 10.1. The second kappa shape index (κ2) is 31.0. The van der Waals surface area contributed by atoms with Gasteiger partial charge in [-0.15, -0.1) is 0 Å². The molecular formula is C53H80N5O6. The van der Waals surface area contributed by atoms with Crippen LogP contribution in [0.25, 0.3) is 11.4 Å². The summed E-state index contributed by atoms with van der Waals surface area (Å²) in [6.45, 7) is 20.7. The minimum Gasteiger partial charge on any atom is -0.489 e. The molecule has 0 atom stereocenters. The van der Waals surface area contributed by atoms with Gasteiger partial charge in [-0.05, 0) is 57.4 Å². The van der Waals surface area contributed by atoms with Gasteiger partial charge in [0.1, 0.15) is 0 Å². The summed E-state index contributed by atoms with van der Waals surface area (Å²) in [6.07, 6.45) is 19.5. The smallest absolute Gasteiger partial charge is 0.232 e. The van der Waals surface area contributed by atoms with E-state index in [-0.39, 0.29) is 0 Å². The van der Waals surface area contributed by atoms with E-state index >= 15 is 0 Å². The topological polar surface area (TPSA) is 118 Å². The third-order valence-corrected chi connectivity index (χ3v) is 10.7. The Morgan fingerprint density at radius 1 is 0.406 bits per heavy atom. The van der Waals surface area contributed by atoms with E-state index in [0.717, 1.165) is 127 Å². The molecule has 2 N–H and O–H groups in total. The number of rotatable bonds is 36. The average molecular weight is 883 g/mol. The van der Waals surface area contributed by atoms with Gasteiger partial charge >= 0.3 is 0 Å². The molecule has 353 valence electrons. The number of ether oxygens (including phenoxy) is 6. The molecule has 4 aromatic rings. The maximum absolute atomic E-state index is 6.46. The molecule has 3 aromatic carbocycles. The summed E-state index contributed by atoms with van der Waals surface area (Å²) in [5.41, 5.74) is 3.39. The Kier molecular flexibility index (Phi) is 25.1. The van der Waals surface area contributed by atoms with Crippen molar-refractivity contribution < 1.29 is 28.4 Å². The van der Waals surface area contributed by atoms with E-state index in [1.807, 2.05) is 36.4 Å². The van der Waals surface area contributed by atoms with Gasteiger partial charge in [0.15, 0.2) is 28.8 Å². The third kappa shape index (κ3) is 18.3. The summed E-state index contributed by atoms with van der Waals surface area (Å²) >= 11 is 0. The highest BCUT2D eigenvalue weighted by Crippen LogP contribution is 2.43. The van der Waals surface area contributed by atoms with Crippen molar-refractivity contribution in [2.24, 2.45) is 0 Å². The van der Waals surface area contributed by atoms with Crippen LogP contribution in [0.15, 0.2) is 48.5 Å². The molecule has 11 heteroatoms. The van der Waals surface area contributed by atoms with Crippen LogP contribution in [0, 0.1) is 6.92 Å². The molecule has 0 aliphatic heterocycles. The fourth-order valence-electron chi connectivity index (χ4n) is 6.90. The molecule has 64 heavy (non-hydrogen) atoms. The molecule has 0 unspecified atom stereocenters. The number of aromatic nitrogens is 3. The number of anilines is 4. The molecule has 11 nitrogen and oxygen atoms in total. The zero-order valence-electron chi connectivity index (χ0n) is 40.3. The van der Waals surface area contributed by atoms with Gasteiger partial charge in [-0.1, -0.05) is 143 Å². The fourth-order valence-corrected chi connectivity index (χ4v) is 6.90. The molecule has 0 fully saturated rings. The number of nitrogens with zero attached hydrogens (tertiary/aromatic N) is 3. The number of hydrogen-bond donors (Lipinski definition) is 2. The normalized spacial score (nSPS) is 11.0. The molecule has 1 heterocycles. The largest absolute Gasteiger partial charge is 0.489 e. The van der Waals surface area contributed by atoms with Crippen molar-refractivity contribution in [3.05, 3.63) is 61.0 Å². The minimum absolute atomic E-state index is 0.349. The fraction of sp³-hybridized carbons (Fsp3) is 0.585. The van der Waals surface area contributed by atoms with Gasteiger partial charge in [0.05, 0.1) is 39.6 Å². The van der Waals surface area contributed by atoms with E-state index in [1.165, 1.54) is 0 Å². The lowest BCUT2D eigenvalue weighted by Crippen LogP contribution is -2.09. The molecule has 0 aliphatic rings. The summed E-state index contributed by atoms with van der Waals surface area (Å²) in [7, 11) is 0. The first-order valence-corrected chi connectivity index (χ1v) is 24.8. The zero-order chi connectivity index (χ0) is 45.6. The van der Waals surface area contributed by atoms with Gasteiger partial charge in [0.2, 0.25) is 23.4 Å². The Labute approximate surface area is 386 Å². The van der Waals surface area contributed by atoms with Crippen molar-refractivity contribution in [3.8, 4) is 45.9 Å². The lowest BCUT2D eigenvalue weighted by Gasteiger charge is -2.20. The summed E-state index contributed by atoms with van der Waals surface area (Å²) < 4.78 is 38.7. The summed E-state index contributed by atoms with van der Waals surface area (Å²) in [6, 6.07) is 16.0. The molecule has 0 amide bonds. The highest BCUT2D eigenvalue weighted by molar-refractivity contribution is 5.70. The van der Waals surface area contributed by atoms with Crippen LogP contribution >= 0.6 is 0 Å². The van der Waals surface area contributed by atoms with E-state index in [4.69, 9.17) is 43.4 Å². The van der Waals surface area contributed by atoms with Crippen LogP contribution in [0.1, 0.15) is 163 Å². The standard InChI is InChI=1S/C53H80N5O6/c1-8-15-21-31-59-45-37-43(38-46(60-32-22-16-9-2)49(45)63-35-25-19-12-5)54-52-56-51(42-29-27-41(14-7)28-30-42)57-53(58-52)55-44-39-47(61-33-23-17-10-3)50(64-36-26-20-13-6)48(40-44)62-34-24-18-11-4/h27-30,37-40H,7-26,31-36H2,1-6H3,(H2,54,55,56,57,58). The first-order valence-electron chi connectivity index (χ1n) is 24.8. The van der Waals surface area contributed by atoms with E-state index < -0.39 is 0 Å². The van der Waals surface area contributed by atoms with E-state index in [2.05, 4.69) is 71.2 Å². The van der Waals surface area contributed by atoms with E-state index in [0.29, 0.717) is 110 Å². The Morgan fingerprint density at radius 2 is 0.719 bits per heavy atom. The Morgan fingerprint density at radius 3 is 1.02 bits per heavy atom. The predicted octanol–water partition coefficient (Wildman–Crippen LogP) is 14.8. The monoisotopic (exact) mass is 883 g/mol. The van der Waals surface area contributed by atoms with Crippen molar-refractivity contribution in [3.63, 3.8) is 0 Å². The Hall–Kier alpha value is -4.93. The number of hydrogen-bond acceptors (Lipinski definition) is 11. The average Bonchev–Trinajstić information content (AvgIpc) is 3.30. The summed E-state index contributed by atoms with van der Waals surface area (Å²) in [5.74, 6) is 5.01. The van der Waals surface area contributed by atoms with Gasteiger partial charge in [-0.2, -0.15) is 15.0 Å². The van der Waals surface area contributed by atoms with E-state index in [9.17, 15) is 0 Å². The van der Waals surface area contributed by atoms with Crippen LogP contribution in [-0.2, 0) is 6.42 Å². The van der Waals surface area contributed by atoms with Gasteiger partial charge in [-0.3, -0.25) is 0 Å². The van der Waals surface area contributed by atoms with Crippen molar-refractivity contribution in [2.45, 2.75) is 164 Å². The molecule has 1 aromatic heterocycles. The molecule has 0 saturated carbocycles. The van der Waals surface area contributed by atoms with Crippen LogP contribution in [-0.4, -0.2) is 54.6 Å². The zero-order valence-corrected chi connectivity index (χ0v) is 40.3. The third-order valence-electron chi connectivity index (χ3n) is 10.7. The van der Waals surface area contributed by atoms with Gasteiger partial charge in [0, 0.05) is 41.2 Å². The van der Waals surface area contributed by atoms with Crippen LogP contribution in [0.2, 0.25) is 0 Å². The van der Waals surface area contributed by atoms with Crippen LogP contribution in [0.4, 0.5) is 23.3 Å². The molecule has 4 rings (SSSR count). The first kappa shape index (κ1) is 51.7. The Bertz CT molecular complexity index is 1700. The number of nitrogens with one attached hydrogen (secondary N) is 2. The lowest BCUT2D eigenvalue weighted by molar-refractivity contribution is 0.235. The highest BCUT2D eigenvalue weighted by Gasteiger charge is 2.20. The Balaban J connectivity index is 1.80. The number of benzene rings is 3. The van der Waals surface area contributed by atoms with Gasteiger partial charge < -0.3 is 39.1 Å². The van der Waals surface area contributed by atoms with Crippen molar-refractivity contribution in [2.75, 3.05) is 50.3 Å².